The van der Waals surface area contributed by atoms with Gasteiger partial charge in [-0.15, -0.1) is 0 Å². The molecule has 1 aliphatic heterocycles. The summed E-state index contributed by atoms with van der Waals surface area (Å²) >= 11 is 0. The lowest BCUT2D eigenvalue weighted by Gasteiger charge is -2.34. The van der Waals surface area contributed by atoms with Gasteiger partial charge >= 0.3 is 0 Å². The Morgan fingerprint density at radius 1 is 1.33 bits per heavy atom. The van der Waals surface area contributed by atoms with Gasteiger partial charge < -0.3 is 4.74 Å². The molecule has 2 atom stereocenters. The average Bonchev–Trinajstić information content (AvgIpc) is 2.51. The first-order valence-electron chi connectivity index (χ1n) is 5.98. The van der Waals surface area contributed by atoms with Crippen LogP contribution in [-0.4, -0.2) is 6.10 Å². The number of rotatable bonds is 0. The van der Waals surface area contributed by atoms with E-state index in [0.29, 0.717) is 11.5 Å². The zero-order valence-corrected chi connectivity index (χ0v) is 9.55. The van der Waals surface area contributed by atoms with E-state index >= 15 is 0 Å². The summed E-state index contributed by atoms with van der Waals surface area (Å²) in [7, 11) is 0. The highest BCUT2D eigenvalue weighted by molar-refractivity contribution is 5.47. The molecule has 0 bridgehead atoms. The second kappa shape index (κ2) is 3.01. The maximum atomic E-state index is 6.07. The van der Waals surface area contributed by atoms with E-state index in [1.165, 1.54) is 36.8 Å². The summed E-state index contributed by atoms with van der Waals surface area (Å²) in [6, 6.07) is 6.62. The van der Waals surface area contributed by atoms with Crippen LogP contribution in [0.5, 0.6) is 5.75 Å². The van der Waals surface area contributed by atoms with E-state index in [1.807, 2.05) is 0 Å². The van der Waals surface area contributed by atoms with Crippen LogP contribution in [0.4, 0.5) is 0 Å². The molecule has 0 amide bonds. The Balaban J connectivity index is 2.11. The third kappa shape index (κ3) is 1.22. The quantitative estimate of drug-likeness (QED) is 0.624. The van der Waals surface area contributed by atoms with E-state index in [2.05, 4.69) is 32.0 Å². The minimum absolute atomic E-state index is 0.291. The molecule has 1 nitrogen and oxygen atoms in total. The number of ether oxygens (including phenoxy) is 1. The SMILES string of the molecule is Cc1ccc2c(c1)[C@@]1(C)CCCC[C@H]1O2. The highest BCUT2D eigenvalue weighted by Crippen LogP contribution is 2.50. The summed E-state index contributed by atoms with van der Waals surface area (Å²) in [5, 5.41) is 0. The van der Waals surface area contributed by atoms with Crippen molar-refractivity contribution >= 4 is 0 Å². The number of benzene rings is 1. The van der Waals surface area contributed by atoms with E-state index in [-0.39, 0.29) is 0 Å². The second-order valence-electron chi connectivity index (χ2n) is 5.27. The standard InChI is InChI=1S/C14H18O/c1-10-6-7-12-11(9-10)14(2)8-4-3-5-13(14)15-12/h6-7,9,13H,3-5,8H2,1-2H3/t13-,14-/m1/s1. The largest absolute Gasteiger partial charge is 0.489 e. The zero-order chi connectivity index (χ0) is 10.5. The molecule has 0 radical (unpaired) electrons. The predicted octanol–water partition coefficient (Wildman–Crippen LogP) is 3.59. The monoisotopic (exact) mass is 202 g/mol. The smallest absolute Gasteiger partial charge is 0.123 e. The van der Waals surface area contributed by atoms with E-state index in [4.69, 9.17) is 4.74 Å². The van der Waals surface area contributed by atoms with Crippen molar-refractivity contribution in [1.29, 1.82) is 0 Å². The number of hydrogen-bond donors (Lipinski definition) is 0. The van der Waals surface area contributed by atoms with Gasteiger partial charge in [-0.25, -0.2) is 0 Å². The molecule has 3 rings (SSSR count). The summed E-state index contributed by atoms with van der Waals surface area (Å²) in [4.78, 5) is 0. The first kappa shape index (κ1) is 9.26. The highest BCUT2D eigenvalue weighted by atomic mass is 16.5. The fourth-order valence-corrected chi connectivity index (χ4v) is 3.14. The Bertz CT molecular complexity index is 396. The fraction of sp³-hybridized carbons (Fsp3) is 0.571. The topological polar surface area (TPSA) is 9.23 Å². The maximum absolute atomic E-state index is 6.07. The Hall–Kier alpha value is -0.980. The molecular weight excluding hydrogens is 184 g/mol. The van der Waals surface area contributed by atoms with Gasteiger partial charge in [-0.05, 0) is 32.3 Å². The van der Waals surface area contributed by atoms with Crippen LogP contribution >= 0.6 is 0 Å². The van der Waals surface area contributed by atoms with Crippen LogP contribution in [0.15, 0.2) is 18.2 Å². The van der Waals surface area contributed by atoms with Gasteiger partial charge in [0, 0.05) is 11.0 Å². The van der Waals surface area contributed by atoms with Gasteiger partial charge in [0.05, 0.1) is 0 Å². The first-order valence-corrected chi connectivity index (χ1v) is 5.98. The van der Waals surface area contributed by atoms with Crippen LogP contribution in [0.25, 0.3) is 0 Å². The van der Waals surface area contributed by atoms with Crippen LogP contribution in [0, 0.1) is 6.92 Å². The van der Waals surface area contributed by atoms with Crippen molar-refractivity contribution in [3.05, 3.63) is 29.3 Å². The molecule has 1 heterocycles. The van der Waals surface area contributed by atoms with Gasteiger partial charge in [0.15, 0.2) is 0 Å². The lowest BCUT2D eigenvalue weighted by atomic mass is 9.70. The normalized spacial score (nSPS) is 33.1. The Kier molecular flexibility index (Phi) is 1.86. The molecule has 0 aromatic heterocycles. The Morgan fingerprint density at radius 2 is 2.20 bits per heavy atom. The third-order valence-corrected chi connectivity index (χ3v) is 4.14. The molecule has 1 saturated carbocycles. The van der Waals surface area contributed by atoms with Crippen molar-refractivity contribution < 1.29 is 4.74 Å². The minimum atomic E-state index is 0.291. The number of hydrogen-bond acceptors (Lipinski definition) is 1. The predicted molar refractivity (Wildman–Crippen MR) is 61.4 cm³/mol. The van der Waals surface area contributed by atoms with E-state index in [9.17, 15) is 0 Å². The molecule has 1 heteroatoms. The third-order valence-electron chi connectivity index (χ3n) is 4.14. The maximum Gasteiger partial charge on any atom is 0.123 e. The summed E-state index contributed by atoms with van der Waals surface area (Å²) in [6.07, 6.45) is 5.62. The van der Waals surface area contributed by atoms with Gasteiger partial charge in [0.1, 0.15) is 11.9 Å². The van der Waals surface area contributed by atoms with Crippen LogP contribution in [0.1, 0.15) is 43.7 Å². The summed E-state index contributed by atoms with van der Waals surface area (Å²) in [5.41, 5.74) is 3.09. The zero-order valence-electron chi connectivity index (χ0n) is 9.55. The van der Waals surface area contributed by atoms with Crippen LogP contribution in [-0.2, 0) is 5.41 Å². The lowest BCUT2D eigenvalue weighted by molar-refractivity contribution is 0.111. The van der Waals surface area contributed by atoms with Crippen LogP contribution in [0.2, 0.25) is 0 Å². The van der Waals surface area contributed by atoms with Gasteiger partial charge in [0.25, 0.3) is 0 Å². The van der Waals surface area contributed by atoms with Crippen molar-refractivity contribution in [3.63, 3.8) is 0 Å². The van der Waals surface area contributed by atoms with Gasteiger partial charge in [-0.3, -0.25) is 0 Å². The molecule has 0 saturated heterocycles. The molecule has 0 N–H and O–H groups in total. The first-order chi connectivity index (χ1) is 7.20. The van der Waals surface area contributed by atoms with Crippen molar-refractivity contribution in [2.75, 3.05) is 0 Å². The minimum Gasteiger partial charge on any atom is -0.489 e. The fourth-order valence-electron chi connectivity index (χ4n) is 3.14. The van der Waals surface area contributed by atoms with E-state index in [0.717, 1.165) is 5.75 Å². The van der Waals surface area contributed by atoms with E-state index in [1.54, 1.807) is 0 Å². The Labute approximate surface area is 91.5 Å². The van der Waals surface area contributed by atoms with Crippen molar-refractivity contribution in [2.45, 2.75) is 51.0 Å². The summed E-state index contributed by atoms with van der Waals surface area (Å²) in [5.74, 6) is 1.13. The van der Waals surface area contributed by atoms with Gasteiger partial charge in [-0.1, -0.05) is 31.0 Å². The molecule has 0 spiro atoms. The van der Waals surface area contributed by atoms with Crippen molar-refractivity contribution in [1.82, 2.24) is 0 Å². The second-order valence-corrected chi connectivity index (χ2v) is 5.27. The highest BCUT2D eigenvalue weighted by Gasteiger charge is 2.46. The summed E-state index contributed by atoms with van der Waals surface area (Å²) in [6.45, 7) is 4.54. The molecule has 1 aromatic rings. The van der Waals surface area contributed by atoms with Gasteiger partial charge in [0.2, 0.25) is 0 Å². The lowest BCUT2D eigenvalue weighted by Crippen LogP contribution is -2.38. The van der Waals surface area contributed by atoms with Crippen molar-refractivity contribution in [2.24, 2.45) is 0 Å². The molecule has 80 valence electrons. The van der Waals surface area contributed by atoms with E-state index < -0.39 is 0 Å². The average molecular weight is 202 g/mol. The molecule has 0 unspecified atom stereocenters. The van der Waals surface area contributed by atoms with Gasteiger partial charge in [-0.2, -0.15) is 0 Å². The molecule has 1 aliphatic carbocycles. The van der Waals surface area contributed by atoms with Crippen LogP contribution < -0.4 is 4.74 Å². The number of aryl methyl sites for hydroxylation is 1. The number of fused-ring (bicyclic) bond motifs is 3. The molecule has 1 aromatic carbocycles. The molecule has 2 aliphatic rings. The Morgan fingerprint density at radius 3 is 3.07 bits per heavy atom. The summed E-state index contributed by atoms with van der Waals surface area (Å²) < 4.78 is 6.07. The molecule has 1 fully saturated rings. The molecular formula is C14H18O. The molecule has 15 heavy (non-hydrogen) atoms. The van der Waals surface area contributed by atoms with Crippen LogP contribution in [0.3, 0.4) is 0 Å². The van der Waals surface area contributed by atoms with Crippen molar-refractivity contribution in [3.8, 4) is 5.75 Å².